The Morgan fingerprint density at radius 1 is 1.12 bits per heavy atom. The Kier molecular flexibility index (Phi) is 4.52. The van der Waals surface area contributed by atoms with Crippen LogP contribution in [0.1, 0.15) is 16.7 Å². The molecule has 0 unspecified atom stereocenters. The number of carbonyl (C=O) groups excluding carboxylic acids is 1. The molecule has 6 nitrogen and oxygen atoms in total. The number of aromatic hydroxyl groups is 1. The summed E-state index contributed by atoms with van der Waals surface area (Å²) in [4.78, 5) is 14.7. The summed E-state index contributed by atoms with van der Waals surface area (Å²) in [6.45, 7) is 5.69. The summed E-state index contributed by atoms with van der Waals surface area (Å²) in [6.07, 6.45) is 0. The van der Waals surface area contributed by atoms with Crippen molar-refractivity contribution in [3.63, 3.8) is 0 Å². The summed E-state index contributed by atoms with van der Waals surface area (Å²) in [5, 5.41) is 18.2. The fraction of sp³-hybridized carbons (Fsp3) is 0.211. The Balaban J connectivity index is 1.71. The fourth-order valence-corrected chi connectivity index (χ4v) is 2.52. The number of H-pyrrole nitrogens is 1. The zero-order chi connectivity index (χ0) is 18.0. The van der Waals surface area contributed by atoms with E-state index < -0.39 is 5.91 Å². The molecule has 0 spiro atoms. The van der Waals surface area contributed by atoms with Gasteiger partial charge < -0.3 is 14.8 Å². The van der Waals surface area contributed by atoms with Crippen molar-refractivity contribution >= 4 is 22.5 Å². The number of ether oxygens (including phenoxy) is 1. The predicted molar refractivity (Wildman–Crippen MR) is 95.6 cm³/mol. The number of hydrogen-bond donors (Lipinski definition) is 2. The van der Waals surface area contributed by atoms with Gasteiger partial charge in [-0.2, -0.15) is 0 Å². The van der Waals surface area contributed by atoms with Crippen LogP contribution in [0.25, 0.3) is 10.9 Å². The lowest BCUT2D eigenvalue weighted by molar-refractivity contribution is -0.120. The first kappa shape index (κ1) is 16.7. The van der Waals surface area contributed by atoms with Crippen LogP contribution in [-0.2, 0) is 4.79 Å². The van der Waals surface area contributed by atoms with E-state index >= 15 is 0 Å². The Labute approximate surface area is 145 Å². The van der Waals surface area contributed by atoms with Crippen LogP contribution in [-0.4, -0.2) is 22.6 Å². The number of nitrogens with zero attached hydrogens (tertiary/aromatic N) is 2. The lowest BCUT2D eigenvalue weighted by atomic mass is 10.1. The van der Waals surface area contributed by atoms with Crippen molar-refractivity contribution in [2.75, 3.05) is 6.61 Å². The van der Waals surface area contributed by atoms with Crippen molar-refractivity contribution in [2.24, 2.45) is 10.2 Å². The first-order chi connectivity index (χ1) is 12.0. The van der Waals surface area contributed by atoms with Gasteiger partial charge in [0.25, 0.3) is 0 Å². The number of hydrogen-bond acceptors (Lipinski definition) is 4. The van der Waals surface area contributed by atoms with E-state index in [4.69, 9.17) is 4.74 Å². The van der Waals surface area contributed by atoms with E-state index in [0.29, 0.717) is 11.1 Å². The third-order valence-electron chi connectivity index (χ3n) is 4.10. The molecule has 25 heavy (non-hydrogen) atoms. The van der Waals surface area contributed by atoms with Gasteiger partial charge in [-0.1, -0.05) is 24.3 Å². The number of aryl methyl sites for hydroxylation is 3. The molecule has 0 saturated heterocycles. The molecule has 0 fully saturated rings. The summed E-state index contributed by atoms with van der Waals surface area (Å²) in [5.74, 6) is -0.0345. The fourth-order valence-electron chi connectivity index (χ4n) is 2.52. The average Bonchev–Trinajstić information content (AvgIpc) is 2.91. The average molecular weight is 337 g/mol. The maximum Gasteiger partial charge on any atom is 0.302 e. The number of aromatic amines is 1. The highest BCUT2D eigenvalue weighted by Gasteiger charge is 2.12. The Morgan fingerprint density at radius 3 is 2.68 bits per heavy atom. The van der Waals surface area contributed by atoms with Gasteiger partial charge in [-0.3, -0.25) is 4.79 Å². The highest BCUT2D eigenvalue weighted by Crippen LogP contribution is 2.36. The molecule has 3 aromatic rings. The molecule has 0 aliphatic carbocycles. The first-order valence-corrected chi connectivity index (χ1v) is 7.90. The van der Waals surface area contributed by atoms with Gasteiger partial charge in [-0.25, -0.2) is 0 Å². The maximum atomic E-state index is 11.9. The highest BCUT2D eigenvalue weighted by molar-refractivity contribution is 5.96. The number of amides is 1. The number of benzene rings is 2. The second-order valence-corrected chi connectivity index (χ2v) is 5.95. The van der Waals surface area contributed by atoms with Gasteiger partial charge in [0.1, 0.15) is 5.75 Å². The van der Waals surface area contributed by atoms with Gasteiger partial charge in [0.05, 0.1) is 5.52 Å². The van der Waals surface area contributed by atoms with Crippen LogP contribution < -0.4 is 4.74 Å². The summed E-state index contributed by atoms with van der Waals surface area (Å²) >= 11 is 0. The molecule has 0 bridgehead atoms. The molecule has 0 atom stereocenters. The maximum absolute atomic E-state index is 11.9. The molecule has 0 aliphatic rings. The number of carbonyl (C=O) groups is 1. The quantitative estimate of drug-likeness (QED) is 0.688. The van der Waals surface area contributed by atoms with E-state index in [1.807, 2.05) is 51.1 Å². The van der Waals surface area contributed by atoms with Gasteiger partial charge in [-0.15, -0.1) is 10.2 Å². The zero-order valence-electron chi connectivity index (χ0n) is 14.3. The number of rotatable bonds is 4. The SMILES string of the molecule is Cc1ccc(OCC(=O)N=Nc2c(O)[nH]c3c(C)cccc23)cc1C. The van der Waals surface area contributed by atoms with E-state index in [2.05, 4.69) is 15.2 Å². The molecule has 2 N–H and O–H groups in total. The molecular weight excluding hydrogens is 318 g/mol. The van der Waals surface area contributed by atoms with E-state index in [-0.39, 0.29) is 18.2 Å². The van der Waals surface area contributed by atoms with Crippen molar-refractivity contribution in [1.29, 1.82) is 0 Å². The molecule has 128 valence electrons. The molecule has 1 amide bonds. The van der Waals surface area contributed by atoms with Gasteiger partial charge in [0, 0.05) is 5.39 Å². The standard InChI is InChI=1S/C19H19N3O3/c1-11-7-8-14(9-13(11)3)25-10-16(23)21-22-18-15-6-4-5-12(2)17(15)20-19(18)24/h4-9,20,24H,10H2,1-3H3. The molecule has 6 heteroatoms. The number of nitrogens with one attached hydrogen (secondary N) is 1. The smallest absolute Gasteiger partial charge is 0.302 e. The second kappa shape index (κ2) is 6.76. The largest absolute Gasteiger partial charge is 0.493 e. The molecule has 1 heterocycles. The van der Waals surface area contributed by atoms with E-state index in [1.165, 1.54) is 0 Å². The van der Waals surface area contributed by atoms with Gasteiger partial charge >= 0.3 is 5.91 Å². The van der Waals surface area contributed by atoms with Gasteiger partial charge in [0.2, 0.25) is 5.88 Å². The van der Waals surface area contributed by atoms with Crippen LogP contribution in [0, 0.1) is 20.8 Å². The molecule has 0 saturated carbocycles. The second-order valence-electron chi connectivity index (χ2n) is 5.95. The van der Waals surface area contributed by atoms with Crippen LogP contribution in [0.4, 0.5) is 5.69 Å². The minimum Gasteiger partial charge on any atom is -0.493 e. The van der Waals surface area contributed by atoms with Crippen molar-refractivity contribution in [1.82, 2.24) is 4.98 Å². The summed E-state index contributed by atoms with van der Waals surface area (Å²) in [6, 6.07) is 11.2. The van der Waals surface area contributed by atoms with Crippen LogP contribution >= 0.6 is 0 Å². The summed E-state index contributed by atoms with van der Waals surface area (Å²) < 4.78 is 5.44. The van der Waals surface area contributed by atoms with Crippen molar-refractivity contribution in [2.45, 2.75) is 20.8 Å². The third kappa shape index (κ3) is 3.52. The number of fused-ring (bicyclic) bond motifs is 1. The Bertz CT molecular complexity index is 973. The number of para-hydroxylation sites is 1. The van der Waals surface area contributed by atoms with Crippen LogP contribution in [0.3, 0.4) is 0 Å². The van der Waals surface area contributed by atoms with E-state index in [9.17, 15) is 9.90 Å². The third-order valence-corrected chi connectivity index (χ3v) is 4.10. The topological polar surface area (TPSA) is 87.0 Å². The summed E-state index contributed by atoms with van der Waals surface area (Å²) in [5.41, 5.74) is 4.23. The first-order valence-electron chi connectivity index (χ1n) is 7.90. The highest BCUT2D eigenvalue weighted by atomic mass is 16.5. The molecular formula is C19H19N3O3. The molecule has 2 aromatic carbocycles. The molecule has 0 aliphatic heterocycles. The van der Waals surface area contributed by atoms with E-state index in [1.54, 1.807) is 6.07 Å². The monoisotopic (exact) mass is 337 g/mol. The van der Waals surface area contributed by atoms with Crippen molar-refractivity contribution in [3.05, 3.63) is 53.1 Å². The zero-order valence-corrected chi connectivity index (χ0v) is 14.3. The van der Waals surface area contributed by atoms with Gasteiger partial charge in [0.15, 0.2) is 12.3 Å². The van der Waals surface area contributed by atoms with Crippen LogP contribution in [0.5, 0.6) is 11.6 Å². The minimum atomic E-state index is -0.528. The Morgan fingerprint density at radius 2 is 1.92 bits per heavy atom. The molecule has 3 rings (SSSR count). The van der Waals surface area contributed by atoms with Gasteiger partial charge in [-0.05, 0) is 49.6 Å². The number of azo groups is 1. The lowest BCUT2D eigenvalue weighted by Gasteiger charge is -2.05. The normalized spacial score (nSPS) is 11.3. The predicted octanol–water partition coefficient (Wildman–Crippen LogP) is 4.49. The van der Waals surface area contributed by atoms with Crippen molar-refractivity contribution in [3.8, 4) is 11.6 Å². The van der Waals surface area contributed by atoms with Crippen LogP contribution in [0.2, 0.25) is 0 Å². The molecule has 1 aromatic heterocycles. The van der Waals surface area contributed by atoms with Crippen LogP contribution in [0.15, 0.2) is 46.6 Å². The summed E-state index contributed by atoms with van der Waals surface area (Å²) in [7, 11) is 0. The number of aromatic nitrogens is 1. The van der Waals surface area contributed by atoms with E-state index in [0.717, 1.165) is 22.2 Å². The lowest BCUT2D eigenvalue weighted by Crippen LogP contribution is -2.08. The minimum absolute atomic E-state index is 0.115. The Hall–Kier alpha value is -3.15. The van der Waals surface area contributed by atoms with Crippen molar-refractivity contribution < 1.29 is 14.6 Å². The molecule has 0 radical (unpaired) electrons.